The van der Waals surface area contributed by atoms with E-state index >= 15 is 0 Å². The van der Waals surface area contributed by atoms with Gasteiger partial charge in [-0.25, -0.2) is 4.79 Å². The Bertz CT molecular complexity index is 764. The van der Waals surface area contributed by atoms with E-state index in [2.05, 4.69) is 36.6 Å². The van der Waals surface area contributed by atoms with E-state index in [1.165, 1.54) is 5.56 Å². The summed E-state index contributed by atoms with van der Waals surface area (Å²) in [6.45, 7) is 8.15. The zero-order chi connectivity index (χ0) is 21.2. The Kier molecular flexibility index (Phi) is 6.30. The molecule has 1 aliphatic carbocycles. The Balaban J connectivity index is 1.67. The van der Waals surface area contributed by atoms with Gasteiger partial charge in [-0.1, -0.05) is 71.2 Å². The fourth-order valence-electron chi connectivity index (χ4n) is 4.40. The SMILES string of the molecule is CC(C)c1ccc([C@H](NC(=O)CN2C(=O)NC3(CCCCC3)C2=O)C(C)C)cc1. The fraction of sp³-hybridized carbons (Fsp3) is 0.609. The third-order valence-electron chi connectivity index (χ3n) is 6.20. The van der Waals surface area contributed by atoms with E-state index < -0.39 is 11.6 Å². The maximum atomic E-state index is 12.9. The summed E-state index contributed by atoms with van der Waals surface area (Å²) in [5, 5.41) is 5.88. The lowest BCUT2D eigenvalue weighted by atomic mass is 9.82. The normalized spacial score (nSPS) is 19.7. The molecule has 29 heavy (non-hydrogen) atoms. The highest BCUT2D eigenvalue weighted by Crippen LogP contribution is 2.33. The van der Waals surface area contributed by atoms with Gasteiger partial charge in [0.05, 0.1) is 6.04 Å². The van der Waals surface area contributed by atoms with Crippen LogP contribution in [0.4, 0.5) is 4.79 Å². The van der Waals surface area contributed by atoms with Crippen LogP contribution in [0.2, 0.25) is 0 Å². The predicted molar refractivity (Wildman–Crippen MR) is 112 cm³/mol. The quantitative estimate of drug-likeness (QED) is 0.713. The Morgan fingerprint density at radius 3 is 2.17 bits per heavy atom. The van der Waals surface area contributed by atoms with Crippen LogP contribution in [0.15, 0.2) is 24.3 Å². The molecule has 1 saturated heterocycles. The summed E-state index contributed by atoms with van der Waals surface area (Å²) in [5.41, 5.74) is 1.48. The van der Waals surface area contributed by atoms with E-state index in [4.69, 9.17) is 0 Å². The lowest BCUT2D eigenvalue weighted by Gasteiger charge is -2.30. The first-order valence-corrected chi connectivity index (χ1v) is 10.8. The molecule has 1 atom stereocenters. The molecule has 158 valence electrons. The van der Waals surface area contributed by atoms with Crippen molar-refractivity contribution in [3.8, 4) is 0 Å². The van der Waals surface area contributed by atoms with Crippen LogP contribution in [0.3, 0.4) is 0 Å². The van der Waals surface area contributed by atoms with Gasteiger partial charge in [0, 0.05) is 0 Å². The molecule has 2 fully saturated rings. The second-order valence-electron chi connectivity index (χ2n) is 9.07. The Labute approximate surface area is 173 Å². The molecule has 1 aromatic rings. The molecular formula is C23H33N3O3. The average Bonchev–Trinajstić information content (AvgIpc) is 2.90. The molecule has 0 unspecified atom stereocenters. The lowest BCUT2D eigenvalue weighted by molar-refractivity contribution is -0.136. The third-order valence-corrected chi connectivity index (χ3v) is 6.20. The Hall–Kier alpha value is -2.37. The number of rotatable bonds is 6. The van der Waals surface area contributed by atoms with Crippen molar-refractivity contribution in [2.45, 2.75) is 77.3 Å². The maximum absolute atomic E-state index is 12.9. The van der Waals surface area contributed by atoms with Crippen LogP contribution >= 0.6 is 0 Å². The second-order valence-corrected chi connectivity index (χ2v) is 9.07. The van der Waals surface area contributed by atoms with Gasteiger partial charge in [-0.15, -0.1) is 0 Å². The van der Waals surface area contributed by atoms with Gasteiger partial charge in [0.1, 0.15) is 12.1 Å². The van der Waals surface area contributed by atoms with Gasteiger partial charge in [-0.2, -0.15) is 0 Å². The lowest BCUT2D eigenvalue weighted by Crippen LogP contribution is -2.49. The zero-order valence-electron chi connectivity index (χ0n) is 18.0. The molecule has 3 rings (SSSR count). The maximum Gasteiger partial charge on any atom is 0.325 e. The number of amides is 4. The van der Waals surface area contributed by atoms with Crippen LogP contribution in [-0.2, 0) is 9.59 Å². The monoisotopic (exact) mass is 399 g/mol. The number of carbonyl (C=O) groups is 3. The first kappa shape index (κ1) is 21.3. The minimum Gasteiger partial charge on any atom is -0.347 e. The van der Waals surface area contributed by atoms with Crippen molar-refractivity contribution in [2.24, 2.45) is 5.92 Å². The summed E-state index contributed by atoms with van der Waals surface area (Å²) < 4.78 is 0. The molecule has 0 bridgehead atoms. The summed E-state index contributed by atoms with van der Waals surface area (Å²) in [7, 11) is 0. The summed E-state index contributed by atoms with van der Waals surface area (Å²) >= 11 is 0. The molecule has 0 aromatic heterocycles. The molecule has 1 aromatic carbocycles. The topological polar surface area (TPSA) is 78.5 Å². The highest BCUT2D eigenvalue weighted by atomic mass is 16.2. The average molecular weight is 400 g/mol. The Morgan fingerprint density at radius 2 is 1.62 bits per heavy atom. The fourth-order valence-corrected chi connectivity index (χ4v) is 4.40. The molecule has 1 heterocycles. The van der Waals surface area contributed by atoms with Crippen molar-refractivity contribution in [3.63, 3.8) is 0 Å². The number of nitrogens with one attached hydrogen (secondary N) is 2. The number of imide groups is 1. The first-order valence-electron chi connectivity index (χ1n) is 10.8. The smallest absolute Gasteiger partial charge is 0.325 e. The van der Waals surface area contributed by atoms with E-state index in [1.807, 2.05) is 26.0 Å². The Morgan fingerprint density at radius 1 is 1.03 bits per heavy atom. The number of carbonyl (C=O) groups excluding carboxylic acids is 3. The molecule has 2 N–H and O–H groups in total. The minimum absolute atomic E-state index is 0.173. The van der Waals surface area contributed by atoms with E-state index in [-0.39, 0.29) is 30.3 Å². The van der Waals surface area contributed by atoms with Crippen molar-refractivity contribution in [2.75, 3.05) is 6.54 Å². The van der Waals surface area contributed by atoms with Crippen molar-refractivity contribution >= 4 is 17.8 Å². The standard InChI is InChI=1S/C23H33N3O3/c1-15(2)17-8-10-18(11-9-17)20(16(3)4)24-19(27)14-26-21(28)23(25-22(26)29)12-6-5-7-13-23/h8-11,15-16,20H,5-7,12-14H2,1-4H3,(H,24,27)(H,25,29)/t20-/m1/s1. The van der Waals surface area contributed by atoms with Gasteiger partial charge in [0.2, 0.25) is 5.91 Å². The number of nitrogens with zero attached hydrogens (tertiary/aromatic N) is 1. The van der Waals surface area contributed by atoms with E-state index in [1.54, 1.807) is 0 Å². The van der Waals surface area contributed by atoms with Crippen LogP contribution < -0.4 is 10.6 Å². The minimum atomic E-state index is -0.792. The van der Waals surface area contributed by atoms with Gasteiger partial charge in [-0.3, -0.25) is 14.5 Å². The zero-order valence-corrected chi connectivity index (χ0v) is 18.0. The number of urea groups is 1. The third kappa shape index (κ3) is 4.46. The number of hydrogen-bond donors (Lipinski definition) is 2. The molecular weight excluding hydrogens is 366 g/mol. The van der Waals surface area contributed by atoms with E-state index in [0.29, 0.717) is 18.8 Å². The van der Waals surface area contributed by atoms with Gasteiger partial charge in [0.15, 0.2) is 0 Å². The van der Waals surface area contributed by atoms with Crippen molar-refractivity contribution < 1.29 is 14.4 Å². The molecule has 6 nitrogen and oxygen atoms in total. The predicted octanol–water partition coefficient (Wildman–Crippen LogP) is 3.88. The van der Waals surface area contributed by atoms with Gasteiger partial charge >= 0.3 is 6.03 Å². The van der Waals surface area contributed by atoms with Crippen LogP contribution in [0, 0.1) is 5.92 Å². The van der Waals surface area contributed by atoms with Crippen LogP contribution in [0.25, 0.3) is 0 Å². The van der Waals surface area contributed by atoms with Crippen molar-refractivity contribution in [1.29, 1.82) is 0 Å². The number of hydrogen-bond acceptors (Lipinski definition) is 3. The number of benzene rings is 1. The highest BCUT2D eigenvalue weighted by molar-refractivity contribution is 6.09. The van der Waals surface area contributed by atoms with E-state index in [9.17, 15) is 14.4 Å². The van der Waals surface area contributed by atoms with Gasteiger partial charge < -0.3 is 10.6 Å². The summed E-state index contributed by atoms with van der Waals surface area (Å²) in [6.07, 6.45) is 4.25. The van der Waals surface area contributed by atoms with Crippen molar-refractivity contribution in [3.05, 3.63) is 35.4 Å². The molecule has 4 amide bonds. The van der Waals surface area contributed by atoms with E-state index in [0.717, 1.165) is 29.7 Å². The first-order chi connectivity index (χ1) is 13.7. The van der Waals surface area contributed by atoms with Gasteiger partial charge in [-0.05, 0) is 35.8 Å². The van der Waals surface area contributed by atoms with Crippen LogP contribution in [0.5, 0.6) is 0 Å². The highest BCUT2D eigenvalue weighted by Gasteiger charge is 2.51. The molecule has 2 aliphatic rings. The van der Waals surface area contributed by atoms with Crippen molar-refractivity contribution in [1.82, 2.24) is 15.5 Å². The summed E-state index contributed by atoms with van der Waals surface area (Å²) in [5.74, 6) is 0.0623. The summed E-state index contributed by atoms with van der Waals surface area (Å²) in [6, 6.07) is 7.65. The molecule has 0 radical (unpaired) electrons. The molecule has 1 spiro atoms. The van der Waals surface area contributed by atoms with Gasteiger partial charge in [0.25, 0.3) is 5.91 Å². The molecule has 1 saturated carbocycles. The molecule has 6 heteroatoms. The van der Waals surface area contributed by atoms with Crippen LogP contribution in [0.1, 0.15) is 82.9 Å². The largest absolute Gasteiger partial charge is 0.347 e. The van der Waals surface area contributed by atoms with Crippen LogP contribution in [-0.4, -0.2) is 34.8 Å². The second kappa shape index (κ2) is 8.56. The molecule has 1 aliphatic heterocycles. The summed E-state index contributed by atoms with van der Waals surface area (Å²) in [4.78, 5) is 39.1.